The molecular formula is C14H23N3. The van der Waals surface area contributed by atoms with Crippen LogP contribution in [0.3, 0.4) is 0 Å². The highest BCUT2D eigenvalue weighted by Gasteiger charge is 2.22. The molecule has 0 aliphatic carbocycles. The molecule has 1 aliphatic heterocycles. The zero-order chi connectivity index (χ0) is 12.4. The normalized spacial score (nSPS) is 21.9. The molecule has 3 heteroatoms. The molecule has 0 radical (unpaired) electrons. The van der Waals surface area contributed by atoms with Crippen LogP contribution in [0.4, 0.5) is 5.69 Å². The molecule has 1 saturated heterocycles. The van der Waals surface area contributed by atoms with Gasteiger partial charge in [-0.15, -0.1) is 0 Å². The minimum absolute atomic E-state index is 0.606. The number of likely N-dealkylation sites (N-methyl/N-ethyl adjacent to an activating group) is 1. The summed E-state index contributed by atoms with van der Waals surface area (Å²) in [6.07, 6.45) is 0. The zero-order valence-corrected chi connectivity index (χ0v) is 11.1. The predicted molar refractivity (Wildman–Crippen MR) is 73.4 cm³/mol. The summed E-state index contributed by atoms with van der Waals surface area (Å²) in [6.45, 7) is 8.35. The molecule has 1 heterocycles. The Kier molecular flexibility index (Phi) is 3.69. The fraction of sp³-hybridized carbons (Fsp3) is 0.571. The van der Waals surface area contributed by atoms with Crippen molar-refractivity contribution in [2.24, 2.45) is 5.73 Å². The molecule has 1 aliphatic rings. The summed E-state index contributed by atoms with van der Waals surface area (Å²) in [5.74, 6) is 0. The molecule has 1 aromatic carbocycles. The van der Waals surface area contributed by atoms with E-state index in [1.807, 2.05) is 0 Å². The number of anilines is 1. The molecule has 1 unspecified atom stereocenters. The van der Waals surface area contributed by atoms with E-state index in [0.29, 0.717) is 12.6 Å². The van der Waals surface area contributed by atoms with Gasteiger partial charge in [-0.25, -0.2) is 0 Å². The van der Waals surface area contributed by atoms with Gasteiger partial charge in [-0.1, -0.05) is 12.1 Å². The molecule has 2 rings (SSSR count). The molecule has 2 N–H and O–H groups in total. The van der Waals surface area contributed by atoms with Crippen LogP contribution < -0.4 is 10.6 Å². The van der Waals surface area contributed by atoms with E-state index in [1.165, 1.54) is 16.8 Å². The minimum atomic E-state index is 0.606. The van der Waals surface area contributed by atoms with Crippen molar-refractivity contribution in [2.75, 3.05) is 31.6 Å². The second-order valence-corrected chi connectivity index (χ2v) is 5.11. The first kappa shape index (κ1) is 12.4. The van der Waals surface area contributed by atoms with Gasteiger partial charge in [0.05, 0.1) is 0 Å². The number of rotatable bonds is 2. The topological polar surface area (TPSA) is 32.5 Å². The Morgan fingerprint density at radius 1 is 1.35 bits per heavy atom. The fourth-order valence-electron chi connectivity index (χ4n) is 2.41. The van der Waals surface area contributed by atoms with Gasteiger partial charge in [0, 0.05) is 37.9 Å². The molecule has 3 nitrogen and oxygen atoms in total. The lowest BCUT2D eigenvalue weighted by molar-refractivity contribution is 0.234. The van der Waals surface area contributed by atoms with Crippen LogP contribution in [0.15, 0.2) is 18.2 Å². The number of hydrogen-bond acceptors (Lipinski definition) is 3. The van der Waals surface area contributed by atoms with E-state index in [2.05, 4.69) is 48.9 Å². The standard InChI is InChI=1S/C14H23N3/c1-11-4-5-13(9-15)14(8-11)17-7-6-16(3)12(2)10-17/h4-5,8,12H,6-7,9-10,15H2,1-3H3. The summed E-state index contributed by atoms with van der Waals surface area (Å²) in [4.78, 5) is 4.88. The van der Waals surface area contributed by atoms with Gasteiger partial charge in [-0.3, -0.25) is 0 Å². The SMILES string of the molecule is Cc1ccc(CN)c(N2CCN(C)C(C)C2)c1. The average molecular weight is 233 g/mol. The number of nitrogens with two attached hydrogens (primary N) is 1. The van der Waals surface area contributed by atoms with Crippen LogP contribution in [0.5, 0.6) is 0 Å². The number of piperazine rings is 1. The Morgan fingerprint density at radius 2 is 2.12 bits per heavy atom. The first-order chi connectivity index (χ1) is 8.11. The molecule has 0 saturated carbocycles. The highest BCUT2D eigenvalue weighted by atomic mass is 15.3. The summed E-state index contributed by atoms with van der Waals surface area (Å²) in [5.41, 5.74) is 9.72. The van der Waals surface area contributed by atoms with E-state index < -0.39 is 0 Å². The number of nitrogens with zero attached hydrogens (tertiary/aromatic N) is 2. The molecule has 0 bridgehead atoms. The molecule has 0 aromatic heterocycles. The van der Waals surface area contributed by atoms with Crippen molar-refractivity contribution < 1.29 is 0 Å². The van der Waals surface area contributed by atoms with Crippen LogP contribution in [0.1, 0.15) is 18.1 Å². The van der Waals surface area contributed by atoms with E-state index in [0.717, 1.165) is 19.6 Å². The van der Waals surface area contributed by atoms with Gasteiger partial charge < -0.3 is 15.5 Å². The molecule has 1 aromatic rings. The largest absolute Gasteiger partial charge is 0.368 e. The van der Waals surface area contributed by atoms with E-state index in [1.54, 1.807) is 0 Å². The number of benzene rings is 1. The Hall–Kier alpha value is -1.06. The highest BCUT2D eigenvalue weighted by molar-refractivity contribution is 5.56. The summed E-state index contributed by atoms with van der Waals surface area (Å²) in [6, 6.07) is 7.17. The van der Waals surface area contributed by atoms with Crippen molar-refractivity contribution in [3.63, 3.8) is 0 Å². The summed E-state index contributed by atoms with van der Waals surface area (Å²) in [7, 11) is 2.20. The van der Waals surface area contributed by atoms with Crippen molar-refractivity contribution in [1.82, 2.24) is 4.90 Å². The van der Waals surface area contributed by atoms with Crippen LogP contribution in [-0.4, -0.2) is 37.6 Å². The van der Waals surface area contributed by atoms with Crippen molar-refractivity contribution in [1.29, 1.82) is 0 Å². The first-order valence-electron chi connectivity index (χ1n) is 6.36. The number of hydrogen-bond donors (Lipinski definition) is 1. The van der Waals surface area contributed by atoms with Crippen LogP contribution in [0.25, 0.3) is 0 Å². The van der Waals surface area contributed by atoms with Crippen LogP contribution >= 0.6 is 0 Å². The third-order valence-corrected chi connectivity index (χ3v) is 3.76. The Morgan fingerprint density at radius 3 is 2.76 bits per heavy atom. The fourth-order valence-corrected chi connectivity index (χ4v) is 2.41. The van der Waals surface area contributed by atoms with E-state index in [4.69, 9.17) is 5.73 Å². The third kappa shape index (κ3) is 2.61. The van der Waals surface area contributed by atoms with Crippen molar-refractivity contribution in [2.45, 2.75) is 26.4 Å². The minimum Gasteiger partial charge on any atom is -0.368 e. The predicted octanol–water partition coefficient (Wildman–Crippen LogP) is 1.59. The molecule has 17 heavy (non-hydrogen) atoms. The Bertz CT molecular complexity index is 389. The summed E-state index contributed by atoms with van der Waals surface area (Å²) in [5, 5.41) is 0. The maximum Gasteiger partial charge on any atom is 0.0415 e. The second-order valence-electron chi connectivity index (χ2n) is 5.11. The molecule has 0 spiro atoms. The molecule has 0 amide bonds. The number of aryl methyl sites for hydroxylation is 1. The van der Waals surface area contributed by atoms with Crippen LogP contribution in [-0.2, 0) is 6.54 Å². The summed E-state index contributed by atoms with van der Waals surface area (Å²) < 4.78 is 0. The Labute approximate surface area is 104 Å². The van der Waals surface area contributed by atoms with Crippen molar-refractivity contribution in [3.05, 3.63) is 29.3 Å². The molecule has 1 fully saturated rings. The first-order valence-corrected chi connectivity index (χ1v) is 6.36. The van der Waals surface area contributed by atoms with E-state index in [9.17, 15) is 0 Å². The smallest absolute Gasteiger partial charge is 0.0415 e. The molecular weight excluding hydrogens is 210 g/mol. The van der Waals surface area contributed by atoms with Gasteiger partial charge in [0.1, 0.15) is 0 Å². The van der Waals surface area contributed by atoms with Gasteiger partial charge in [-0.2, -0.15) is 0 Å². The van der Waals surface area contributed by atoms with Gasteiger partial charge in [-0.05, 0) is 38.1 Å². The second kappa shape index (κ2) is 5.07. The van der Waals surface area contributed by atoms with Gasteiger partial charge in [0.25, 0.3) is 0 Å². The third-order valence-electron chi connectivity index (χ3n) is 3.76. The van der Waals surface area contributed by atoms with Crippen molar-refractivity contribution >= 4 is 5.69 Å². The summed E-state index contributed by atoms with van der Waals surface area (Å²) >= 11 is 0. The molecule has 94 valence electrons. The van der Waals surface area contributed by atoms with Gasteiger partial charge in [0.15, 0.2) is 0 Å². The lowest BCUT2D eigenvalue weighted by Gasteiger charge is -2.39. The lowest BCUT2D eigenvalue weighted by atomic mass is 10.1. The monoisotopic (exact) mass is 233 g/mol. The maximum absolute atomic E-state index is 5.83. The highest BCUT2D eigenvalue weighted by Crippen LogP contribution is 2.24. The van der Waals surface area contributed by atoms with Crippen LogP contribution in [0, 0.1) is 6.92 Å². The zero-order valence-electron chi connectivity index (χ0n) is 11.1. The Balaban J connectivity index is 2.24. The maximum atomic E-state index is 5.83. The van der Waals surface area contributed by atoms with Gasteiger partial charge in [0.2, 0.25) is 0 Å². The lowest BCUT2D eigenvalue weighted by Crippen LogP contribution is -2.50. The van der Waals surface area contributed by atoms with E-state index >= 15 is 0 Å². The average Bonchev–Trinajstić information content (AvgIpc) is 2.32. The molecule has 1 atom stereocenters. The van der Waals surface area contributed by atoms with Gasteiger partial charge >= 0.3 is 0 Å². The van der Waals surface area contributed by atoms with E-state index in [-0.39, 0.29) is 0 Å². The quantitative estimate of drug-likeness (QED) is 0.842. The van der Waals surface area contributed by atoms with Crippen molar-refractivity contribution in [3.8, 4) is 0 Å². The van der Waals surface area contributed by atoms with Crippen LogP contribution in [0.2, 0.25) is 0 Å².